The number of hydrogen-bond acceptors (Lipinski definition) is 7. The number of carbonyl (C=O) groups excluding carboxylic acids is 3. The van der Waals surface area contributed by atoms with Gasteiger partial charge in [0.25, 0.3) is 5.91 Å². The molecule has 0 aromatic heterocycles. The molecular formula is C31H38BrN3O7Si. The molecule has 5 atom stereocenters. The average Bonchev–Trinajstić information content (AvgIpc) is 3.72. The summed E-state index contributed by atoms with van der Waals surface area (Å²) in [6, 6.07) is 13.0. The van der Waals surface area contributed by atoms with E-state index in [-0.39, 0.29) is 49.1 Å². The summed E-state index contributed by atoms with van der Waals surface area (Å²) in [5.41, 5.74) is 1.34. The van der Waals surface area contributed by atoms with Crippen LogP contribution in [0.15, 0.2) is 46.9 Å². The molecule has 10 nitrogen and oxygen atoms in total. The fraction of sp³-hybridized carbons (Fsp3) is 0.516. The van der Waals surface area contributed by atoms with Gasteiger partial charge < -0.3 is 29.2 Å². The van der Waals surface area contributed by atoms with Gasteiger partial charge in [0.2, 0.25) is 5.91 Å². The number of fused-ring (bicyclic) bond motifs is 2. The summed E-state index contributed by atoms with van der Waals surface area (Å²) in [5, 5.41) is 9.80. The van der Waals surface area contributed by atoms with Crippen molar-refractivity contribution >= 4 is 53.5 Å². The largest absolute Gasteiger partial charge is 0.447 e. The molecule has 0 aliphatic carbocycles. The minimum Gasteiger partial charge on any atom is -0.447 e. The molecular weight excluding hydrogens is 634 g/mol. The first-order valence-electron chi connectivity index (χ1n) is 14.9. The number of cyclic esters (lactones) is 1. The number of aliphatic hydroxyl groups excluding tert-OH is 1. The molecule has 12 heteroatoms. The summed E-state index contributed by atoms with van der Waals surface area (Å²) in [5.74, 6) is -0.723. The molecule has 4 aliphatic rings. The Bertz CT molecular complexity index is 1430. The number of nitrogens with zero attached hydrogens (tertiary/aromatic N) is 3. The van der Waals surface area contributed by atoms with E-state index in [1.165, 1.54) is 0 Å². The molecule has 3 amide bonds. The number of ether oxygens (including phenoxy) is 2. The van der Waals surface area contributed by atoms with Crippen LogP contribution >= 0.6 is 15.9 Å². The smallest absolute Gasteiger partial charge is 0.414 e. The van der Waals surface area contributed by atoms with Gasteiger partial charge in [-0.3, -0.25) is 14.5 Å². The van der Waals surface area contributed by atoms with Crippen LogP contribution in [0, 0.1) is 5.92 Å². The molecule has 4 heterocycles. The number of hydrogen-bond donors (Lipinski definition) is 2. The van der Waals surface area contributed by atoms with Crippen LogP contribution in [-0.4, -0.2) is 79.5 Å². The maximum Gasteiger partial charge on any atom is 0.414 e. The molecule has 3 saturated heterocycles. The zero-order chi connectivity index (χ0) is 30.7. The van der Waals surface area contributed by atoms with E-state index in [1.54, 1.807) is 14.7 Å². The zero-order valence-corrected chi connectivity index (χ0v) is 27.2. The standard InChI is InChI=1S/C31H38BrN3O7Si/c1-19-28(43(2,3)40)26(16-27(37)33-12-4-5-23(33)18-36)42-31(19)24-15-21(32)8-11-25(24)35(29(31)38)17-20-6-9-22(10-7-20)34-13-14-41-30(34)39/h6-11,15,19,23,26,28,36,40H,4-5,12-14,16-18H2,1-3H3/t19-,23+,26+,28-,31+/m1/s1. The molecule has 3 fully saturated rings. The second-order valence-corrected chi connectivity index (χ2v) is 17.5. The van der Waals surface area contributed by atoms with Crippen molar-refractivity contribution in [2.75, 3.05) is 36.1 Å². The summed E-state index contributed by atoms with van der Waals surface area (Å²) in [4.78, 5) is 56.7. The van der Waals surface area contributed by atoms with E-state index in [0.717, 1.165) is 39.8 Å². The third kappa shape index (κ3) is 5.10. The van der Waals surface area contributed by atoms with Gasteiger partial charge in [0.1, 0.15) is 6.61 Å². The predicted molar refractivity (Wildman–Crippen MR) is 166 cm³/mol. The number of benzene rings is 2. The number of aliphatic hydroxyl groups is 1. The van der Waals surface area contributed by atoms with E-state index in [9.17, 15) is 24.3 Å². The first-order chi connectivity index (χ1) is 20.5. The van der Waals surface area contributed by atoms with Gasteiger partial charge in [-0.1, -0.05) is 35.0 Å². The van der Waals surface area contributed by atoms with Crippen molar-refractivity contribution in [3.8, 4) is 0 Å². The van der Waals surface area contributed by atoms with Crippen LogP contribution in [0.25, 0.3) is 0 Å². The number of rotatable bonds is 7. The second-order valence-electron chi connectivity index (χ2n) is 12.6. The van der Waals surface area contributed by atoms with E-state index in [4.69, 9.17) is 9.47 Å². The van der Waals surface area contributed by atoms with Gasteiger partial charge in [0.15, 0.2) is 13.9 Å². The monoisotopic (exact) mass is 671 g/mol. The van der Waals surface area contributed by atoms with Crippen LogP contribution in [-0.2, 0) is 31.2 Å². The normalized spacial score (nSPS) is 28.7. The predicted octanol–water partition coefficient (Wildman–Crippen LogP) is 4.12. The summed E-state index contributed by atoms with van der Waals surface area (Å²) in [6.45, 7) is 7.29. The van der Waals surface area contributed by atoms with Crippen molar-refractivity contribution in [3.63, 3.8) is 0 Å². The highest BCUT2D eigenvalue weighted by Crippen LogP contribution is 2.60. The minimum absolute atomic E-state index is 0.0429. The highest BCUT2D eigenvalue weighted by molar-refractivity contribution is 9.10. The average molecular weight is 673 g/mol. The third-order valence-corrected chi connectivity index (χ3v) is 12.6. The summed E-state index contributed by atoms with van der Waals surface area (Å²) >= 11 is 3.58. The van der Waals surface area contributed by atoms with Crippen molar-refractivity contribution in [3.05, 3.63) is 58.1 Å². The highest BCUT2D eigenvalue weighted by atomic mass is 79.9. The Morgan fingerprint density at radius 3 is 2.53 bits per heavy atom. The van der Waals surface area contributed by atoms with Gasteiger partial charge in [-0.05, 0) is 61.8 Å². The first-order valence-corrected chi connectivity index (χ1v) is 18.7. The lowest BCUT2D eigenvalue weighted by atomic mass is 9.82. The van der Waals surface area contributed by atoms with Crippen LogP contribution in [0.1, 0.15) is 37.3 Å². The fourth-order valence-electron chi connectivity index (χ4n) is 7.64. The molecule has 0 unspecified atom stereocenters. The van der Waals surface area contributed by atoms with Crippen molar-refractivity contribution in [2.45, 2.75) is 69.1 Å². The number of likely N-dealkylation sites (tertiary alicyclic amines) is 1. The Morgan fingerprint density at radius 1 is 1.14 bits per heavy atom. The number of anilines is 2. The minimum atomic E-state index is -2.93. The highest BCUT2D eigenvalue weighted by Gasteiger charge is 2.66. The van der Waals surface area contributed by atoms with Gasteiger partial charge in [0, 0.05) is 33.7 Å². The Hall–Kier alpha value is -2.77. The SMILES string of the molecule is C[C@@H]1[C@@H]([Si](C)(C)O)[C@H](CC(=O)N2CCC[C@H]2CO)O[C@@]12C(=O)N(Cc1ccc(N3CCOC3=O)cc1)c1ccc(Br)cc12. The lowest BCUT2D eigenvalue weighted by Crippen LogP contribution is -2.46. The summed E-state index contributed by atoms with van der Waals surface area (Å²) in [6.07, 6.45) is 0.622. The molecule has 2 N–H and O–H groups in total. The van der Waals surface area contributed by atoms with Gasteiger partial charge >= 0.3 is 6.09 Å². The molecule has 0 radical (unpaired) electrons. The van der Waals surface area contributed by atoms with Crippen LogP contribution in [0.5, 0.6) is 0 Å². The second kappa shape index (κ2) is 11.3. The zero-order valence-electron chi connectivity index (χ0n) is 24.7. The molecule has 0 bridgehead atoms. The third-order valence-electron chi connectivity index (χ3n) is 9.58. The van der Waals surface area contributed by atoms with Crippen LogP contribution in [0.3, 0.4) is 0 Å². The van der Waals surface area contributed by atoms with Crippen molar-refractivity contribution in [1.29, 1.82) is 0 Å². The van der Waals surface area contributed by atoms with Gasteiger partial charge in [-0.15, -0.1) is 0 Å². The van der Waals surface area contributed by atoms with Crippen LogP contribution < -0.4 is 9.80 Å². The molecule has 43 heavy (non-hydrogen) atoms. The van der Waals surface area contributed by atoms with Gasteiger partial charge in [-0.2, -0.15) is 0 Å². The molecule has 4 aliphatic heterocycles. The first kappa shape index (κ1) is 30.3. The molecule has 2 aromatic carbocycles. The van der Waals surface area contributed by atoms with Crippen molar-refractivity contribution < 1.29 is 33.8 Å². The van der Waals surface area contributed by atoms with E-state index < -0.39 is 25.9 Å². The van der Waals surface area contributed by atoms with Crippen LogP contribution in [0.2, 0.25) is 18.6 Å². The summed E-state index contributed by atoms with van der Waals surface area (Å²) < 4.78 is 12.7. The Balaban J connectivity index is 1.32. The molecule has 1 spiro atoms. The molecule has 0 saturated carbocycles. The number of halogens is 1. The van der Waals surface area contributed by atoms with E-state index in [2.05, 4.69) is 15.9 Å². The quantitative estimate of drug-likeness (QED) is 0.425. The summed E-state index contributed by atoms with van der Waals surface area (Å²) in [7, 11) is -2.93. The number of amides is 3. The fourth-order valence-corrected chi connectivity index (χ4v) is 10.6. The van der Waals surface area contributed by atoms with Gasteiger partial charge in [-0.25, -0.2) is 4.79 Å². The lowest BCUT2D eigenvalue weighted by molar-refractivity contribution is -0.150. The molecule has 6 rings (SSSR count). The Kier molecular flexibility index (Phi) is 7.95. The van der Waals surface area contributed by atoms with E-state index in [1.807, 2.05) is 62.5 Å². The number of carbonyl (C=O) groups is 3. The maximum absolute atomic E-state index is 14.6. The lowest BCUT2D eigenvalue weighted by Gasteiger charge is -2.32. The van der Waals surface area contributed by atoms with E-state index in [0.29, 0.717) is 19.7 Å². The molecule has 2 aromatic rings. The molecule has 230 valence electrons. The Morgan fingerprint density at radius 2 is 1.88 bits per heavy atom. The van der Waals surface area contributed by atoms with Crippen molar-refractivity contribution in [1.82, 2.24) is 4.90 Å². The van der Waals surface area contributed by atoms with Crippen LogP contribution in [0.4, 0.5) is 16.2 Å². The topological polar surface area (TPSA) is 120 Å². The van der Waals surface area contributed by atoms with E-state index >= 15 is 0 Å². The van der Waals surface area contributed by atoms with Crippen molar-refractivity contribution in [2.24, 2.45) is 5.92 Å². The van der Waals surface area contributed by atoms with Gasteiger partial charge in [0.05, 0.1) is 44.0 Å². The maximum atomic E-state index is 14.6. The Labute approximate surface area is 260 Å².